The number of amides is 1. The molecule has 0 saturated carbocycles. The normalized spacial score (nSPS) is 12.7. The van der Waals surface area contributed by atoms with E-state index in [0.29, 0.717) is 5.13 Å². The first kappa shape index (κ1) is 10.1. The predicted octanol–water partition coefficient (Wildman–Crippen LogP) is 1.62. The number of anilines is 1. The minimum atomic E-state index is -1.02. The van der Waals surface area contributed by atoms with Gasteiger partial charge >= 0.3 is 0 Å². The van der Waals surface area contributed by atoms with E-state index in [4.69, 9.17) is 5.11 Å². The first-order valence-corrected chi connectivity index (χ1v) is 5.33. The number of nitrogens with zero attached hydrogens (tertiary/aromatic N) is 1. The molecule has 0 saturated heterocycles. The summed E-state index contributed by atoms with van der Waals surface area (Å²) in [5.41, 5.74) is 0.850. The molecule has 4 nitrogen and oxygen atoms in total. The summed E-state index contributed by atoms with van der Waals surface area (Å²) in [6, 6.07) is 7.62. The number of carbonyl (C=O) groups is 1. The molecular formula is C10H10N2O2S. The monoisotopic (exact) mass is 222 g/mol. The van der Waals surface area contributed by atoms with E-state index in [0.717, 1.165) is 10.2 Å². The summed E-state index contributed by atoms with van der Waals surface area (Å²) in [5, 5.41) is 12.1. The number of benzene rings is 1. The number of hydrogen-bond acceptors (Lipinski definition) is 4. The highest BCUT2D eigenvalue weighted by Crippen LogP contribution is 2.25. The van der Waals surface area contributed by atoms with Crippen molar-refractivity contribution in [3.05, 3.63) is 24.3 Å². The van der Waals surface area contributed by atoms with Crippen LogP contribution in [0, 0.1) is 0 Å². The lowest BCUT2D eigenvalue weighted by molar-refractivity contribution is -0.123. The van der Waals surface area contributed by atoms with Crippen molar-refractivity contribution in [2.45, 2.75) is 13.0 Å². The van der Waals surface area contributed by atoms with E-state index in [-0.39, 0.29) is 0 Å². The number of hydrogen-bond donors (Lipinski definition) is 2. The van der Waals surface area contributed by atoms with Crippen LogP contribution in [0.15, 0.2) is 24.3 Å². The van der Waals surface area contributed by atoms with Crippen LogP contribution in [0.3, 0.4) is 0 Å². The third-order valence-corrected chi connectivity index (χ3v) is 2.86. The van der Waals surface area contributed by atoms with Crippen LogP contribution in [0.2, 0.25) is 0 Å². The van der Waals surface area contributed by atoms with Gasteiger partial charge in [-0.2, -0.15) is 0 Å². The Morgan fingerprint density at radius 2 is 2.27 bits per heavy atom. The average molecular weight is 222 g/mol. The van der Waals surface area contributed by atoms with Crippen molar-refractivity contribution < 1.29 is 9.90 Å². The first-order chi connectivity index (χ1) is 7.16. The number of thiazole rings is 1. The van der Waals surface area contributed by atoms with Crippen LogP contribution >= 0.6 is 11.3 Å². The van der Waals surface area contributed by atoms with E-state index in [2.05, 4.69) is 10.3 Å². The molecule has 78 valence electrons. The minimum absolute atomic E-state index is 0.436. The van der Waals surface area contributed by atoms with Crippen molar-refractivity contribution in [2.75, 3.05) is 5.32 Å². The summed E-state index contributed by atoms with van der Waals surface area (Å²) >= 11 is 1.39. The lowest BCUT2D eigenvalue weighted by Gasteiger charge is -2.02. The lowest BCUT2D eigenvalue weighted by Crippen LogP contribution is -2.24. The van der Waals surface area contributed by atoms with Gasteiger partial charge in [-0.15, -0.1) is 0 Å². The summed E-state index contributed by atoms with van der Waals surface area (Å²) in [5.74, 6) is -0.436. The Morgan fingerprint density at radius 1 is 1.53 bits per heavy atom. The SMILES string of the molecule is CC(O)C(=O)Nc1nc2ccccc2s1. The molecule has 0 aliphatic rings. The second-order valence-electron chi connectivity index (χ2n) is 3.15. The molecule has 1 aromatic heterocycles. The highest BCUT2D eigenvalue weighted by Gasteiger charge is 2.11. The molecule has 1 heterocycles. The van der Waals surface area contributed by atoms with Gasteiger partial charge in [-0.05, 0) is 19.1 Å². The van der Waals surface area contributed by atoms with Crippen molar-refractivity contribution in [1.82, 2.24) is 4.98 Å². The van der Waals surface area contributed by atoms with Gasteiger partial charge in [-0.3, -0.25) is 10.1 Å². The van der Waals surface area contributed by atoms with Crippen LogP contribution in [0.25, 0.3) is 10.2 Å². The first-order valence-electron chi connectivity index (χ1n) is 4.51. The van der Waals surface area contributed by atoms with Gasteiger partial charge in [0.25, 0.3) is 5.91 Å². The highest BCUT2D eigenvalue weighted by molar-refractivity contribution is 7.22. The molecule has 5 heteroatoms. The molecule has 2 N–H and O–H groups in total. The van der Waals surface area contributed by atoms with Crippen molar-refractivity contribution in [2.24, 2.45) is 0 Å². The van der Waals surface area contributed by atoms with Crippen molar-refractivity contribution in [3.8, 4) is 0 Å². The van der Waals surface area contributed by atoms with Crippen LogP contribution in [0.1, 0.15) is 6.92 Å². The molecule has 0 aliphatic carbocycles. The molecular weight excluding hydrogens is 212 g/mol. The topological polar surface area (TPSA) is 62.2 Å². The van der Waals surface area contributed by atoms with Gasteiger partial charge in [0, 0.05) is 0 Å². The van der Waals surface area contributed by atoms with Gasteiger partial charge in [0.05, 0.1) is 10.2 Å². The van der Waals surface area contributed by atoms with Crippen LogP contribution in [0.4, 0.5) is 5.13 Å². The molecule has 1 aromatic carbocycles. The molecule has 0 fully saturated rings. The number of aromatic nitrogens is 1. The Hall–Kier alpha value is -1.46. The Bertz CT molecular complexity index is 460. The number of rotatable bonds is 2. The third kappa shape index (κ3) is 2.14. The van der Waals surface area contributed by atoms with Crippen molar-refractivity contribution in [1.29, 1.82) is 0 Å². The summed E-state index contributed by atoms with van der Waals surface area (Å²) < 4.78 is 1.01. The van der Waals surface area contributed by atoms with Gasteiger partial charge in [-0.25, -0.2) is 4.98 Å². The smallest absolute Gasteiger partial charge is 0.254 e. The van der Waals surface area contributed by atoms with Gasteiger partial charge in [-0.1, -0.05) is 23.5 Å². The molecule has 1 amide bonds. The Balaban J connectivity index is 2.26. The quantitative estimate of drug-likeness (QED) is 0.811. The molecule has 0 radical (unpaired) electrons. The highest BCUT2D eigenvalue weighted by atomic mass is 32.1. The molecule has 1 unspecified atom stereocenters. The maximum atomic E-state index is 11.2. The van der Waals surface area contributed by atoms with E-state index in [1.165, 1.54) is 18.3 Å². The second-order valence-corrected chi connectivity index (χ2v) is 4.18. The number of aliphatic hydroxyl groups is 1. The van der Waals surface area contributed by atoms with Crippen LogP contribution in [-0.4, -0.2) is 22.1 Å². The average Bonchev–Trinajstić information content (AvgIpc) is 2.59. The van der Waals surface area contributed by atoms with Crippen LogP contribution < -0.4 is 5.32 Å². The summed E-state index contributed by atoms with van der Waals surface area (Å²) in [6.45, 7) is 1.42. The number of aliphatic hydroxyl groups excluding tert-OH is 1. The van der Waals surface area contributed by atoms with Gasteiger partial charge < -0.3 is 5.11 Å². The molecule has 1 atom stereocenters. The van der Waals surface area contributed by atoms with Crippen molar-refractivity contribution >= 4 is 32.6 Å². The molecule has 2 aromatic rings. The zero-order valence-corrected chi connectivity index (χ0v) is 8.91. The van der Waals surface area contributed by atoms with Gasteiger partial charge in [0.1, 0.15) is 6.10 Å². The fourth-order valence-corrected chi connectivity index (χ4v) is 2.00. The Morgan fingerprint density at radius 3 is 2.93 bits per heavy atom. The maximum absolute atomic E-state index is 11.2. The predicted molar refractivity (Wildman–Crippen MR) is 59.9 cm³/mol. The largest absolute Gasteiger partial charge is 0.384 e. The number of para-hydroxylation sites is 1. The van der Waals surface area contributed by atoms with Crippen LogP contribution in [0.5, 0.6) is 0 Å². The number of carbonyl (C=O) groups excluding carboxylic acids is 1. The zero-order valence-electron chi connectivity index (χ0n) is 8.10. The molecule has 0 aliphatic heterocycles. The summed E-state index contributed by atoms with van der Waals surface area (Å²) in [7, 11) is 0. The second kappa shape index (κ2) is 3.96. The molecule has 2 rings (SSSR count). The molecule has 15 heavy (non-hydrogen) atoms. The van der Waals surface area contributed by atoms with E-state index in [9.17, 15) is 4.79 Å². The fraction of sp³-hybridized carbons (Fsp3) is 0.200. The zero-order chi connectivity index (χ0) is 10.8. The van der Waals surface area contributed by atoms with Crippen molar-refractivity contribution in [3.63, 3.8) is 0 Å². The minimum Gasteiger partial charge on any atom is -0.384 e. The van der Waals surface area contributed by atoms with Gasteiger partial charge in [0.2, 0.25) is 0 Å². The standard InChI is InChI=1S/C10H10N2O2S/c1-6(13)9(14)12-10-11-7-4-2-3-5-8(7)15-10/h2-6,13H,1H3,(H,11,12,14). The van der Waals surface area contributed by atoms with E-state index in [1.54, 1.807) is 0 Å². The van der Waals surface area contributed by atoms with Gasteiger partial charge in [0.15, 0.2) is 5.13 Å². The number of fused-ring (bicyclic) bond motifs is 1. The summed E-state index contributed by atoms with van der Waals surface area (Å²) in [6.07, 6.45) is -1.02. The van der Waals surface area contributed by atoms with E-state index >= 15 is 0 Å². The van der Waals surface area contributed by atoms with E-state index < -0.39 is 12.0 Å². The van der Waals surface area contributed by atoms with Crippen LogP contribution in [-0.2, 0) is 4.79 Å². The number of nitrogens with one attached hydrogen (secondary N) is 1. The Kier molecular flexibility index (Phi) is 2.66. The molecule has 0 spiro atoms. The maximum Gasteiger partial charge on any atom is 0.254 e. The summed E-state index contributed by atoms with van der Waals surface area (Å²) in [4.78, 5) is 15.4. The third-order valence-electron chi connectivity index (χ3n) is 1.90. The fourth-order valence-electron chi connectivity index (χ4n) is 1.14. The Labute approximate surface area is 90.6 Å². The van der Waals surface area contributed by atoms with E-state index in [1.807, 2.05) is 24.3 Å². The molecule has 0 bridgehead atoms. The lowest BCUT2D eigenvalue weighted by atomic mass is 10.3.